The van der Waals surface area contributed by atoms with Crippen molar-refractivity contribution < 1.29 is 13.5 Å². The standard InChI is InChI=1S/C17H15BBrF2IN2O/c1-16(2,18)25-12-6-3-10(4-7-12)11-5-8-13-14(19)23-15(17(20,21)22)24(13)9-11/h3-9H,18H2,1-2H3. The zero-order valence-electron chi connectivity index (χ0n) is 13.9. The predicted octanol–water partition coefficient (Wildman–Crippen LogP) is 5.00. The zero-order chi connectivity index (χ0) is 18.4. The molecular weight excluding hydrogens is 504 g/mol. The van der Waals surface area contributed by atoms with Gasteiger partial charge in [-0.05, 0) is 59.1 Å². The third-order valence-corrected chi connectivity index (χ3v) is 4.52. The normalized spacial score (nSPS) is 12.6. The molecule has 0 saturated heterocycles. The van der Waals surface area contributed by atoms with Gasteiger partial charge in [0.2, 0.25) is 0 Å². The number of nitrogens with zero attached hydrogens (tertiary/aromatic N) is 2. The minimum Gasteiger partial charge on any atom is -0.497 e. The predicted molar refractivity (Wildman–Crippen MR) is 109 cm³/mol. The van der Waals surface area contributed by atoms with Crippen LogP contribution in [0.3, 0.4) is 0 Å². The van der Waals surface area contributed by atoms with Crippen molar-refractivity contribution >= 4 is 51.9 Å². The number of benzene rings is 1. The third kappa shape index (κ3) is 4.16. The van der Waals surface area contributed by atoms with E-state index in [0.29, 0.717) is 10.1 Å². The number of hydrogen-bond donors (Lipinski definition) is 0. The Labute approximate surface area is 167 Å². The van der Waals surface area contributed by atoms with Gasteiger partial charge in [0.15, 0.2) is 13.7 Å². The SMILES string of the molecule is BC(C)(C)Oc1ccc(-c2ccc3c(Br)nc(C(F)(F)I)n3c2)cc1. The van der Waals surface area contributed by atoms with E-state index in [1.165, 1.54) is 4.40 Å². The van der Waals surface area contributed by atoms with Crippen molar-refractivity contribution in [2.75, 3.05) is 0 Å². The van der Waals surface area contributed by atoms with E-state index in [1.807, 2.05) is 52.0 Å². The largest absolute Gasteiger partial charge is 0.497 e. The Balaban J connectivity index is 2.02. The number of ether oxygens (including phenoxy) is 1. The van der Waals surface area contributed by atoms with Crippen LogP contribution in [0.15, 0.2) is 47.2 Å². The molecule has 0 aliphatic carbocycles. The van der Waals surface area contributed by atoms with Crippen molar-refractivity contribution in [1.29, 1.82) is 0 Å². The summed E-state index contributed by atoms with van der Waals surface area (Å²) in [5.74, 6) is 0.465. The van der Waals surface area contributed by atoms with Gasteiger partial charge in [0, 0.05) is 28.8 Å². The van der Waals surface area contributed by atoms with Gasteiger partial charge in [-0.15, -0.1) is 0 Å². The van der Waals surface area contributed by atoms with E-state index >= 15 is 0 Å². The quantitative estimate of drug-likeness (QED) is 0.276. The van der Waals surface area contributed by atoms with Crippen LogP contribution in [0.4, 0.5) is 8.78 Å². The highest BCUT2D eigenvalue weighted by Crippen LogP contribution is 2.37. The maximum Gasteiger partial charge on any atom is 0.353 e. The number of pyridine rings is 1. The Morgan fingerprint density at radius 2 is 1.72 bits per heavy atom. The van der Waals surface area contributed by atoms with Gasteiger partial charge in [-0.3, -0.25) is 4.40 Å². The van der Waals surface area contributed by atoms with Gasteiger partial charge in [0.25, 0.3) is 0 Å². The van der Waals surface area contributed by atoms with Gasteiger partial charge in [-0.2, -0.15) is 8.78 Å². The van der Waals surface area contributed by atoms with Crippen molar-refractivity contribution in [1.82, 2.24) is 9.38 Å². The second-order valence-corrected chi connectivity index (χ2v) is 8.74. The molecule has 0 amide bonds. The third-order valence-electron chi connectivity index (χ3n) is 3.46. The molecule has 3 aromatic rings. The highest BCUT2D eigenvalue weighted by atomic mass is 127. The molecule has 1 aromatic carbocycles. The molecule has 0 spiro atoms. The summed E-state index contributed by atoms with van der Waals surface area (Å²) in [5, 5.41) is 0. The van der Waals surface area contributed by atoms with Crippen LogP contribution in [0.5, 0.6) is 5.75 Å². The lowest BCUT2D eigenvalue weighted by Crippen LogP contribution is -2.27. The first-order valence-electron chi connectivity index (χ1n) is 7.59. The van der Waals surface area contributed by atoms with Crippen LogP contribution in [-0.4, -0.2) is 22.7 Å². The number of halogens is 4. The van der Waals surface area contributed by atoms with Gasteiger partial charge in [-0.25, -0.2) is 4.98 Å². The van der Waals surface area contributed by atoms with Gasteiger partial charge in [-0.1, -0.05) is 18.2 Å². The fraction of sp³-hybridized carbons (Fsp3) is 0.235. The molecule has 0 bridgehead atoms. The number of alkyl halides is 3. The molecule has 0 radical (unpaired) electrons. The number of fused-ring (bicyclic) bond motifs is 1. The number of aromatic nitrogens is 2. The first-order chi connectivity index (χ1) is 11.5. The molecule has 0 aliphatic heterocycles. The number of rotatable bonds is 4. The molecule has 2 aromatic heterocycles. The molecule has 25 heavy (non-hydrogen) atoms. The van der Waals surface area contributed by atoms with E-state index in [-0.39, 0.29) is 11.3 Å². The number of hydrogen-bond acceptors (Lipinski definition) is 2. The first-order valence-corrected chi connectivity index (χ1v) is 9.46. The van der Waals surface area contributed by atoms with Crippen molar-refractivity contribution in [2.24, 2.45) is 0 Å². The van der Waals surface area contributed by atoms with Gasteiger partial charge in [0.05, 0.1) is 11.0 Å². The molecule has 3 rings (SSSR count). The molecule has 3 nitrogen and oxygen atoms in total. The van der Waals surface area contributed by atoms with Crippen LogP contribution in [0, 0.1) is 0 Å². The lowest BCUT2D eigenvalue weighted by Gasteiger charge is -2.21. The van der Waals surface area contributed by atoms with Gasteiger partial charge in [0.1, 0.15) is 10.4 Å². The highest BCUT2D eigenvalue weighted by Gasteiger charge is 2.33. The monoisotopic (exact) mass is 518 g/mol. The van der Waals surface area contributed by atoms with E-state index < -0.39 is 3.93 Å². The summed E-state index contributed by atoms with van der Waals surface area (Å²) in [5.41, 5.74) is 2.06. The molecular formula is C17H15BBrF2IN2O. The summed E-state index contributed by atoms with van der Waals surface area (Å²) in [6, 6.07) is 11.2. The average Bonchev–Trinajstić information content (AvgIpc) is 2.83. The minimum atomic E-state index is -3.06. The Morgan fingerprint density at radius 1 is 1.12 bits per heavy atom. The van der Waals surface area contributed by atoms with Crippen molar-refractivity contribution in [3.8, 4) is 16.9 Å². The van der Waals surface area contributed by atoms with Crippen LogP contribution < -0.4 is 4.74 Å². The van der Waals surface area contributed by atoms with E-state index in [2.05, 4.69) is 20.9 Å². The second-order valence-electron chi connectivity index (χ2n) is 6.64. The summed E-state index contributed by atoms with van der Waals surface area (Å²) in [7, 11) is 1.98. The van der Waals surface area contributed by atoms with Crippen LogP contribution in [0.25, 0.3) is 16.6 Å². The summed E-state index contributed by atoms with van der Waals surface area (Å²) < 4.78 is 32.2. The Bertz CT molecular complexity index is 917. The zero-order valence-corrected chi connectivity index (χ0v) is 17.6. The fourth-order valence-electron chi connectivity index (χ4n) is 2.49. The maximum atomic E-state index is 13.8. The van der Waals surface area contributed by atoms with E-state index in [1.54, 1.807) is 12.3 Å². The maximum absolute atomic E-state index is 13.8. The van der Waals surface area contributed by atoms with Crippen molar-refractivity contribution in [3.63, 3.8) is 0 Å². The number of imidazole rings is 1. The van der Waals surface area contributed by atoms with Crippen LogP contribution in [0.1, 0.15) is 19.7 Å². The van der Waals surface area contributed by atoms with Crippen LogP contribution >= 0.6 is 38.5 Å². The molecule has 0 N–H and O–H groups in total. The lowest BCUT2D eigenvalue weighted by atomic mass is 9.86. The molecule has 0 saturated carbocycles. The topological polar surface area (TPSA) is 26.5 Å². The molecule has 8 heteroatoms. The Hall–Kier alpha value is -1.16. The molecule has 0 aliphatic rings. The summed E-state index contributed by atoms with van der Waals surface area (Å²) in [6.45, 7) is 3.97. The van der Waals surface area contributed by atoms with Crippen molar-refractivity contribution in [2.45, 2.75) is 23.3 Å². The Morgan fingerprint density at radius 3 is 2.28 bits per heavy atom. The molecule has 2 heterocycles. The van der Waals surface area contributed by atoms with Crippen molar-refractivity contribution in [3.05, 3.63) is 53.0 Å². The molecule has 0 atom stereocenters. The minimum absolute atomic E-state index is 0.274. The summed E-state index contributed by atoms with van der Waals surface area (Å²) >= 11 is 4.34. The Kier molecular flexibility index (Phi) is 4.87. The molecule has 130 valence electrons. The second kappa shape index (κ2) is 6.53. The lowest BCUT2D eigenvalue weighted by molar-refractivity contribution is 0.116. The molecule has 0 unspecified atom stereocenters. The smallest absolute Gasteiger partial charge is 0.353 e. The van der Waals surface area contributed by atoms with E-state index in [9.17, 15) is 8.78 Å². The van der Waals surface area contributed by atoms with Gasteiger partial charge < -0.3 is 4.74 Å². The first kappa shape index (κ1) is 18.6. The van der Waals surface area contributed by atoms with Crippen LogP contribution in [0.2, 0.25) is 0 Å². The highest BCUT2D eigenvalue weighted by molar-refractivity contribution is 14.1. The van der Waals surface area contributed by atoms with Crippen LogP contribution in [-0.2, 0) is 3.93 Å². The van der Waals surface area contributed by atoms with E-state index in [0.717, 1.165) is 39.5 Å². The summed E-state index contributed by atoms with van der Waals surface area (Å²) in [4.78, 5) is 3.95. The van der Waals surface area contributed by atoms with Gasteiger partial charge >= 0.3 is 3.93 Å². The fourth-order valence-corrected chi connectivity index (χ4v) is 3.36. The van der Waals surface area contributed by atoms with E-state index in [4.69, 9.17) is 4.74 Å². The summed E-state index contributed by atoms with van der Waals surface area (Å²) in [6.07, 6.45) is 1.68. The molecule has 0 fully saturated rings. The average molecular weight is 519 g/mol.